The fourth-order valence-electron chi connectivity index (χ4n) is 2.47. The van der Waals surface area contributed by atoms with E-state index in [1.807, 2.05) is 0 Å². The first-order valence-corrected chi connectivity index (χ1v) is 10.9. The summed E-state index contributed by atoms with van der Waals surface area (Å²) in [5, 5.41) is 5.51. The highest BCUT2D eigenvalue weighted by atomic mass is 32.2. The lowest BCUT2D eigenvalue weighted by atomic mass is 10.2. The minimum absolute atomic E-state index is 0.239. The third kappa shape index (κ3) is 5.06. The van der Waals surface area contributed by atoms with Crippen molar-refractivity contribution in [1.82, 2.24) is 4.72 Å². The summed E-state index contributed by atoms with van der Waals surface area (Å²) in [6, 6.07) is 8.53. The molecule has 8 nitrogen and oxygen atoms in total. The van der Waals surface area contributed by atoms with Crippen LogP contribution < -0.4 is 20.1 Å². The molecule has 3 rings (SSSR count). The Labute approximate surface area is 161 Å². The Morgan fingerprint density at radius 2 is 2.07 bits per heavy atom. The van der Waals surface area contributed by atoms with Crippen LogP contribution in [0.15, 0.2) is 30.3 Å². The molecule has 0 fully saturated rings. The number of benzene rings is 1. The van der Waals surface area contributed by atoms with E-state index in [4.69, 9.17) is 4.74 Å². The van der Waals surface area contributed by atoms with Gasteiger partial charge >= 0.3 is 0 Å². The quantitative estimate of drug-likeness (QED) is 0.673. The zero-order valence-corrected chi connectivity index (χ0v) is 16.4. The first kappa shape index (κ1) is 19.3. The van der Waals surface area contributed by atoms with Crippen LogP contribution in [0.25, 0.3) is 0 Å². The maximum Gasteiger partial charge on any atom is 0.265 e. The molecule has 1 aromatic heterocycles. The second-order valence-corrected chi connectivity index (χ2v) is 9.10. The Morgan fingerprint density at radius 1 is 1.30 bits per heavy atom. The highest BCUT2D eigenvalue weighted by Gasteiger charge is 2.23. The molecule has 2 heterocycles. The largest absolute Gasteiger partial charge is 0.479 e. The van der Waals surface area contributed by atoms with Crippen LogP contribution in [0.1, 0.15) is 21.5 Å². The number of nitrogens with one attached hydrogen (secondary N) is 3. The molecule has 2 aromatic rings. The van der Waals surface area contributed by atoms with Gasteiger partial charge in [0.15, 0.2) is 6.10 Å². The molecule has 2 amide bonds. The van der Waals surface area contributed by atoms with E-state index in [9.17, 15) is 18.0 Å². The standard InChI is InChI=1S/C17H19N3O5S2/c1-10-16(21)20-13-9-11(3-5-14(13)25-10)19-17(22)15-6-4-12(26-15)7-8-18-27(2,23)24/h3-6,9-10,18H,7-8H2,1-2H3,(H,19,22)(H,20,21)/t10-/m1/s1. The lowest BCUT2D eigenvalue weighted by Crippen LogP contribution is -2.34. The van der Waals surface area contributed by atoms with Crippen LogP contribution in [0.4, 0.5) is 11.4 Å². The molecule has 0 radical (unpaired) electrons. The van der Waals surface area contributed by atoms with E-state index in [1.54, 1.807) is 37.3 Å². The number of carbonyl (C=O) groups is 2. The summed E-state index contributed by atoms with van der Waals surface area (Å²) in [6.07, 6.45) is 1.05. The number of sulfonamides is 1. The molecule has 0 saturated carbocycles. The molecule has 1 aliphatic rings. The number of thiophene rings is 1. The van der Waals surface area contributed by atoms with Crippen molar-refractivity contribution in [2.45, 2.75) is 19.4 Å². The fourth-order valence-corrected chi connectivity index (χ4v) is 3.85. The first-order chi connectivity index (χ1) is 12.7. The molecule has 0 saturated heterocycles. The van der Waals surface area contributed by atoms with Crippen LogP contribution in [-0.4, -0.2) is 39.1 Å². The van der Waals surface area contributed by atoms with E-state index in [0.29, 0.717) is 28.4 Å². The predicted octanol–water partition coefficient (Wildman–Crippen LogP) is 1.81. The van der Waals surface area contributed by atoms with Crippen molar-refractivity contribution in [2.24, 2.45) is 0 Å². The molecule has 0 aliphatic carbocycles. The molecule has 0 unspecified atom stereocenters. The lowest BCUT2D eigenvalue weighted by molar-refractivity contribution is -0.122. The average Bonchev–Trinajstić information content (AvgIpc) is 3.04. The zero-order chi connectivity index (χ0) is 19.6. The van der Waals surface area contributed by atoms with Gasteiger partial charge in [-0.1, -0.05) is 0 Å². The molecule has 0 bridgehead atoms. The monoisotopic (exact) mass is 409 g/mol. The number of ether oxygens (including phenoxy) is 1. The highest BCUT2D eigenvalue weighted by molar-refractivity contribution is 7.88. The van der Waals surface area contributed by atoms with E-state index < -0.39 is 16.1 Å². The summed E-state index contributed by atoms with van der Waals surface area (Å²) in [4.78, 5) is 25.5. The van der Waals surface area contributed by atoms with E-state index in [-0.39, 0.29) is 18.4 Å². The molecule has 3 N–H and O–H groups in total. The van der Waals surface area contributed by atoms with Gasteiger partial charge in [0.25, 0.3) is 11.8 Å². The third-order valence-electron chi connectivity index (χ3n) is 3.79. The SMILES string of the molecule is C[C@H]1Oc2ccc(NC(=O)c3ccc(CCNS(C)(=O)=O)s3)cc2NC1=O. The molecule has 10 heteroatoms. The van der Waals surface area contributed by atoms with E-state index in [1.165, 1.54) is 11.3 Å². The van der Waals surface area contributed by atoms with Gasteiger partial charge in [0, 0.05) is 17.1 Å². The predicted molar refractivity (Wildman–Crippen MR) is 104 cm³/mol. The van der Waals surface area contributed by atoms with Crippen molar-refractivity contribution in [3.8, 4) is 5.75 Å². The number of carbonyl (C=O) groups excluding carboxylic acids is 2. The van der Waals surface area contributed by atoms with E-state index in [2.05, 4.69) is 15.4 Å². The number of rotatable bonds is 6. The first-order valence-electron chi connectivity index (χ1n) is 8.17. The van der Waals surface area contributed by atoms with Crippen molar-refractivity contribution in [1.29, 1.82) is 0 Å². The van der Waals surface area contributed by atoms with Crippen LogP contribution in [0.5, 0.6) is 5.75 Å². The maximum atomic E-state index is 12.4. The van der Waals surface area contributed by atoms with Crippen molar-refractivity contribution in [3.63, 3.8) is 0 Å². The highest BCUT2D eigenvalue weighted by Crippen LogP contribution is 2.32. The Hall–Kier alpha value is -2.43. The Bertz CT molecular complexity index is 984. The van der Waals surface area contributed by atoms with E-state index in [0.717, 1.165) is 11.1 Å². The van der Waals surface area contributed by atoms with Crippen LogP contribution in [0.2, 0.25) is 0 Å². The molecule has 1 aromatic carbocycles. The number of amides is 2. The maximum absolute atomic E-state index is 12.4. The smallest absolute Gasteiger partial charge is 0.265 e. The number of anilines is 2. The van der Waals surface area contributed by atoms with Gasteiger partial charge in [-0.2, -0.15) is 0 Å². The van der Waals surface area contributed by atoms with Crippen molar-refractivity contribution in [3.05, 3.63) is 40.1 Å². The third-order valence-corrected chi connectivity index (χ3v) is 5.66. The summed E-state index contributed by atoms with van der Waals surface area (Å²) < 4.78 is 30.0. The number of fused-ring (bicyclic) bond motifs is 1. The van der Waals surface area contributed by atoms with Gasteiger partial charge in [0.2, 0.25) is 10.0 Å². The van der Waals surface area contributed by atoms with Gasteiger partial charge in [-0.05, 0) is 43.7 Å². The van der Waals surface area contributed by atoms with Gasteiger partial charge in [0.05, 0.1) is 16.8 Å². The minimum atomic E-state index is -3.22. The van der Waals surface area contributed by atoms with Crippen molar-refractivity contribution >= 4 is 44.5 Å². The van der Waals surface area contributed by atoms with Gasteiger partial charge in [-0.3, -0.25) is 9.59 Å². The van der Waals surface area contributed by atoms with Gasteiger partial charge in [-0.25, -0.2) is 13.1 Å². The Morgan fingerprint density at radius 3 is 2.81 bits per heavy atom. The minimum Gasteiger partial charge on any atom is -0.479 e. The molecule has 1 aliphatic heterocycles. The molecule has 1 atom stereocenters. The van der Waals surface area contributed by atoms with Gasteiger partial charge in [0.1, 0.15) is 5.75 Å². The van der Waals surface area contributed by atoms with Crippen molar-refractivity contribution < 1.29 is 22.7 Å². The van der Waals surface area contributed by atoms with Gasteiger partial charge in [-0.15, -0.1) is 11.3 Å². The molecule has 144 valence electrons. The fraction of sp³-hybridized carbons (Fsp3) is 0.294. The topological polar surface area (TPSA) is 114 Å². The van der Waals surface area contributed by atoms with Crippen LogP contribution in [0.3, 0.4) is 0 Å². The summed E-state index contributed by atoms with van der Waals surface area (Å²) in [5.41, 5.74) is 1.04. The average molecular weight is 409 g/mol. The van der Waals surface area contributed by atoms with Crippen LogP contribution >= 0.6 is 11.3 Å². The van der Waals surface area contributed by atoms with Crippen LogP contribution in [-0.2, 0) is 21.2 Å². The number of hydrogen-bond donors (Lipinski definition) is 3. The lowest BCUT2D eigenvalue weighted by Gasteiger charge is -2.23. The van der Waals surface area contributed by atoms with Crippen LogP contribution in [0, 0.1) is 0 Å². The zero-order valence-electron chi connectivity index (χ0n) is 14.7. The second kappa shape index (κ2) is 7.67. The normalized spacial score (nSPS) is 16.2. The summed E-state index contributed by atoms with van der Waals surface area (Å²) in [6.45, 7) is 1.94. The summed E-state index contributed by atoms with van der Waals surface area (Å²) >= 11 is 1.30. The van der Waals surface area contributed by atoms with E-state index >= 15 is 0 Å². The summed E-state index contributed by atoms with van der Waals surface area (Å²) in [7, 11) is -3.22. The Balaban J connectivity index is 1.63. The second-order valence-electron chi connectivity index (χ2n) is 6.10. The molecule has 0 spiro atoms. The van der Waals surface area contributed by atoms with Crippen molar-refractivity contribution in [2.75, 3.05) is 23.4 Å². The molecular formula is C17H19N3O5S2. The number of hydrogen-bond acceptors (Lipinski definition) is 6. The molecule has 27 heavy (non-hydrogen) atoms. The Kier molecular flexibility index (Phi) is 5.49. The summed E-state index contributed by atoms with van der Waals surface area (Å²) in [5.74, 6) is 0.0344. The molecular weight excluding hydrogens is 390 g/mol. The van der Waals surface area contributed by atoms with Gasteiger partial charge < -0.3 is 15.4 Å².